The van der Waals surface area contributed by atoms with E-state index in [2.05, 4.69) is 10.3 Å². The van der Waals surface area contributed by atoms with Gasteiger partial charge in [0.15, 0.2) is 9.84 Å². The Hall–Kier alpha value is -2.71. The van der Waals surface area contributed by atoms with Crippen molar-refractivity contribution < 1.29 is 17.9 Å². The first-order valence-corrected chi connectivity index (χ1v) is 11.7. The van der Waals surface area contributed by atoms with Gasteiger partial charge in [0.2, 0.25) is 0 Å². The Balaban J connectivity index is 1.48. The Labute approximate surface area is 174 Å². The lowest BCUT2D eigenvalue weighted by Crippen LogP contribution is -2.26. The van der Waals surface area contributed by atoms with E-state index in [-0.39, 0.29) is 18.2 Å². The largest absolute Gasteiger partial charge is 0.487 e. The Kier molecular flexibility index (Phi) is 7.00. The smallest absolute Gasteiger partial charge is 0.251 e. The summed E-state index contributed by atoms with van der Waals surface area (Å²) in [5.74, 6) is 0.292. The zero-order valence-electron chi connectivity index (χ0n) is 16.0. The molecular formula is C21H22N2O4S2. The van der Waals surface area contributed by atoms with E-state index in [1.165, 1.54) is 0 Å². The van der Waals surface area contributed by atoms with Gasteiger partial charge in [-0.15, -0.1) is 11.3 Å². The van der Waals surface area contributed by atoms with Crippen molar-refractivity contribution in [1.82, 2.24) is 10.3 Å². The zero-order valence-corrected chi connectivity index (χ0v) is 17.6. The minimum Gasteiger partial charge on any atom is -0.487 e. The van der Waals surface area contributed by atoms with Crippen LogP contribution < -0.4 is 10.1 Å². The monoisotopic (exact) mass is 430 g/mol. The standard InChI is InChI=1S/C21H22N2O4S2/c1-16-23-18(15-28-16)14-27-19-8-5-7-17(13-19)21(24)22-11-6-12-29(25,26)20-9-3-2-4-10-20/h2-5,7-10,13,15H,6,11-12,14H2,1H3,(H,22,24). The summed E-state index contributed by atoms with van der Waals surface area (Å²) < 4.78 is 30.2. The van der Waals surface area contributed by atoms with E-state index in [4.69, 9.17) is 4.74 Å². The van der Waals surface area contributed by atoms with Crippen molar-refractivity contribution in [3.8, 4) is 5.75 Å². The van der Waals surface area contributed by atoms with Crippen LogP contribution in [-0.2, 0) is 16.4 Å². The maximum absolute atomic E-state index is 12.3. The SMILES string of the molecule is Cc1nc(COc2cccc(C(=O)NCCCS(=O)(=O)c3ccccc3)c2)cs1. The summed E-state index contributed by atoms with van der Waals surface area (Å²) in [6.45, 7) is 2.55. The number of amides is 1. The lowest BCUT2D eigenvalue weighted by Gasteiger charge is -2.08. The van der Waals surface area contributed by atoms with Crippen LogP contribution in [0.25, 0.3) is 0 Å². The minimum atomic E-state index is -3.34. The van der Waals surface area contributed by atoms with Gasteiger partial charge in [0.05, 0.1) is 21.3 Å². The van der Waals surface area contributed by atoms with Gasteiger partial charge in [-0.2, -0.15) is 0 Å². The van der Waals surface area contributed by atoms with Crippen molar-refractivity contribution in [3.63, 3.8) is 0 Å². The average Bonchev–Trinajstić information content (AvgIpc) is 3.15. The number of hydrogen-bond acceptors (Lipinski definition) is 6. The van der Waals surface area contributed by atoms with E-state index < -0.39 is 9.84 Å². The van der Waals surface area contributed by atoms with Crippen molar-refractivity contribution in [2.24, 2.45) is 0 Å². The van der Waals surface area contributed by atoms with Crippen molar-refractivity contribution in [1.29, 1.82) is 0 Å². The van der Waals surface area contributed by atoms with Gasteiger partial charge in [-0.1, -0.05) is 24.3 Å². The van der Waals surface area contributed by atoms with Crippen LogP contribution >= 0.6 is 11.3 Å². The normalized spacial score (nSPS) is 11.2. The third kappa shape index (κ3) is 6.13. The molecule has 8 heteroatoms. The predicted molar refractivity (Wildman–Crippen MR) is 113 cm³/mol. The minimum absolute atomic E-state index is 0.0203. The van der Waals surface area contributed by atoms with Gasteiger partial charge in [-0.3, -0.25) is 4.79 Å². The Morgan fingerprint density at radius 3 is 2.66 bits per heavy atom. The molecule has 1 N–H and O–H groups in total. The number of rotatable bonds is 9. The second-order valence-electron chi connectivity index (χ2n) is 6.42. The molecule has 0 saturated heterocycles. The first-order valence-electron chi connectivity index (χ1n) is 9.14. The highest BCUT2D eigenvalue weighted by atomic mass is 32.2. The van der Waals surface area contributed by atoms with Crippen LogP contribution in [0.15, 0.2) is 64.9 Å². The number of aromatic nitrogens is 1. The van der Waals surface area contributed by atoms with Crippen LogP contribution in [0.4, 0.5) is 0 Å². The molecule has 0 fully saturated rings. The fraction of sp³-hybridized carbons (Fsp3) is 0.238. The zero-order chi connectivity index (χ0) is 20.7. The van der Waals surface area contributed by atoms with Crippen LogP contribution in [-0.4, -0.2) is 31.6 Å². The highest BCUT2D eigenvalue weighted by Crippen LogP contribution is 2.16. The number of thiazole rings is 1. The summed E-state index contributed by atoms with van der Waals surface area (Å²) in [5, 5.41) is 5.68. The maximum Gasteiger partial charge on any atom is 0.251 e. The molecule has 1 heterocycles. The van der Waals surface area contributed by atoms with Gasteiger partial charge in [0.1, 0.15) is 12.4 Å². The number of nitrogens with one attached hydrogen (secondary N) is 1. The van der Waals surface area contributed by atoms with E-state index in [1.807, 2.05) is 12.3 Å². The molecule has 0 atom stereocenters. The van der Waals surface area contributed by atoms with Crippen molar-refractivity contribution in [3.05, 3.63) is 76.2 Å². The highest BCUT2D eigenvalue weighted by Gasteiger charge is 2.14. The molecular weight excluding hydrogens is 408 g/mol. The van der Waals surface area contributed by atoms with Gasteiger partial charge in [0.25, 0.3) is 5.91 Å². The maximum atomic E-state index is 12.3. The topological polar surface area (TPSA) is 85.4 Å². The number of benzene rings is 2. The molecule has 152 valence electrons. The van der Waals surface area contributed by atoms with Gasteiger partial charge in [0, 0.05) is 17.5 Å². The van der Waals surface area contributed by atoms with Crippen LogP contribution in [0.3, 0.4) is 0 Å². The Bertz CT molecular complexity index is 1060. The van der Waals surface area contributed by atoms with Gasteiger partial charge in [-0.05, 0) is 43.7 Å². The van der Waals surface area contributed by atoms with E-state index in [1.54, 1.807) is 65.9 Å². The number of aryl methyl sites for hydroxylation is 1. The predicted octanol–water partition coefficient (Wildman–Crippen LogP) is 3.62. The molecule has 2 aromatic carbocycles. The molecule has 6 nitrogen and oxygen atoms in total. The second-order valence-corrected chi connectivity index (χ2v) is 9.59. The number of carbonyl (C=O) groups is 1. The van der Waals surface area contributed by atoms with E-state index in [0.29, 0.717) is 29.2 Å². The Morgan fingerprint density at radius 1 is 1.14 bits per heavy atom. The molecule has 0 radical (unpaired) electrons. The number of nitrogens with zero attached hydrogens (tertiary/aromatic N) is 1. The first kappa shape index (κ1) is 21.0. The molecule has 29 heavy (non-hydrogen) atoms. The highest BCUT2D eigenvalue weighted by molar-refractivity contribution is 7.91. The summed E-state index contributed by atoms with van der Waals surface area (Å²) in [6.07, 6.45) is 0.336. The molecule has 0 bridgehead atoms. The van der Waals surface area contributed by atoms with Gasteiger partial charge < -0.3 is 10.1 Å². The van der Waals surface area contributed by atoms with Crippen LogP contribution in [0.5, 0.6) is 5.75 Å². The van der Waals surface area contributed by atoms with Gasteiger partial charge in [-0.25, -0.2) is 13.4 Å². The molecule has 3 aromatic rings. The average molecular weight is 431 g/mol. The number of hydrogen-bond donors (Lipinski definition) is 1. The van der Waals surface area contributed by atoms with Gasteiger partial charge >= 0.3 is 0 Å². The quantitative estimate of drug-likeness (QED) is 0.524. The molecule has 3 rings (SSSR count). The van der Waals surface area contributed by atoms with E-state index in [0.717, 1.165) is 10.7 Å². The van der Waals surface area contributed by atoms with Crippen molar-refractivity contribution in [2.75, 3.05) is 12.3 Å². The van der Waals surface area contributed by atoms with Crippen molar-refractivity contribution in [2.45, 2.75) is 24.8 Å². The second kappa shape index (κ2) is 9.67. The summed E-state index contributed by atoms with van der Waals surface area (Å²) in [6, 6.07) is 15.2. The molecule has 0 aliphatic heterocycles. The molecule has 0 spiro atoms. The van der Waals surface area contributed by atoms with Crippen LogP contribution in [0.1, 0.15) is 27.5 Å². The van der Waals surface area contributed by atoms with Crippen LogP contribution in [0.2, 0.25) is 0 Å². The van der Waals surface area contributed by atoms with Crippen LogP contribution in [0, 0.1) is 6.92 Å². The molecule has 1 amide bonds. The summed E-state index contributed by atoms with van der Waals surface area (Å²) in [7, 11) is -3.34. The summed E-state index contributed by atoms with van der Waals surface area (Å²) in [4.78, 5) is 17.0. The third-order valence-electron chi connectivity index (χ3n) is 4.13. The number of ether oxygens (including phenoxy) is 1. The van der Waals surface area contributed by atoms with E-state index in [9.17, 15) is 13.2 Å². The molecule has 0 aliphatic carbocycles. The van der Waals surface area contributed by atoms with E-state index >= 15 is 0 Å². The number of carbonyl (C=O) groups excluding carboxylic acids is 1. The lowest BCUT2D eigenvalue weighted by molar-refractivity contribution is 0.0953. The Morgan fingerprint density at radius 2 is 1.93 bits per heavy atom. The number of sulfone groups is 1. The lowest BCUT2D eigenvalue weighted by atomic mass is 10.2. The fourth-order valence-corrected chi connectivity index (χ4v) is 4.60. The molecule has 0 aliphatic rings. The van der Waals surface area contributed by atoms with Crippen molar-refractivity contribution >= 4 is 27.1 Å². The summed E-state index contributed by atoms with van der Waals surface area (Å²) >= 11 is 1.56. The first-order chi connectivity index (χ1) is 13.9. The third-order valence-corrected chi connectivity index (χ3v) is 6.77. The molecule has 0 saturated carbocycles. The fourth-order valence-electron chi connectivity index (χ4n) is 2.67. The summed E-state index contributed by atoms with van der Waals surface area (Å²) in [5.41, 5.74) is 1.31. The molecule has 1 aromatic heterocycles. The molecule has 0 unspecified atom stereocenters.